The van der Waals surface area contributed by atoms with Gasteiger partial charge in [-0.15, -0.1) is 5.10 Å². The fourth-order valence-electron chi connectivity index (χ4n) is 4.97. The van der Waals surface area contributed by atoms with Crippen LogP contribution >= 0.6 is 0 Å². The third-order valence-electron chi connectivity index (χ3n) is 6.80. The summed E-state index contributed by atoms with van der Waals surface area (Å²) in [6, 6.07) is 22.2. The summed E-state index contributed by atoms with van der Waals surface area (Å²) in [5.41, 5.74) is 3.84. The average Bonchev–Trinajstić information content (AvgIpc) is 3.57. The highest BCUT2D eigenvalue weighted by molar-refractivity contribution is 5.81. The van der Waals surface area contributed by atoms with Crippen molar-refractivity contribution in [3.63, 3.8) is 0 Å². The van der Waals surface area contributed by atoms with Crippen molar-refractivity contribution in [1.29, 1.82) is 0 Å². The predicted molar refractivity (Wildman–Crippen MR) is 143 cm³/mol. The standard InChI is InChI=1S/C29H32N6O2/c1-20(2)27(28-31-32-33-35(28)19-25-13-8-16-37-25)34(15-14-22-10-5-4-6-11-22)18-24-17-23-12-7-9-21(3)26(23)30-29(24)36/h4-13,16-17,20,27H,14-15,18-19H2,1-3H3,(H,30,36). The van der Waals surface area contributed by atoms with Crippen molar-refractivity contribution in [3.05, 3.63) is 112 Å². The van der Waals surface area contributed by atoms with E-state index in [-0.39, 0.29) is 17.5 Å². The molecule has 1 atom stereocenters. The molecule has 0 aliphatic rings. The van der Waals surface area contributed by atoms with Crippen LogP contribution in [0.1, 0.15) is 48.2 Å². The monoisotopic (exact) mass is 496 g/mol. The molecular weight excluding hydrogens is 464 g/mol. The van der Waals surface area contributed by atoms with Gasteiger partial charge in [-0.3, -0.25) is 9.69 Å². The van der Waals surface area contributed by atoms with E-state index in [0.29, 0.717) is 13.1 Å². The van der Waals surface area contributed by atoms with Gasteiger partial charge in [0.25, 0.3) is 5.56 Å². The van der Waals surface area contributed by atoms with Gasteiger partial charge < -0.3 is 9.40 Å². The number of tetrazole rings is 1. The summed E-state index contributed by atoms with van der Waals surface area (Å²) >= 11 is 0. The van der Waals surface area contributed by atoms with Crippen LogP contribution in [0.2, 0.25) is 0 Å². The highest BCUT2D eigenvalue weighted by Crippen LogP contribution is 2.29. The minimum absolute atomic E-state index is 0.0656. The Bertz CT molecular complexity index is 1500. The summed E-state index contributed by atoms with van der Waals surface area (Å²) in [6.07, 6.45) is 2.49. The van der Waals surface area contributed by atoms with E-state index >= 15 is 0 Å². The van der Waals surface area contributed by atoms with Crippen LogP contribution in [0.4, 0.5) is 0 Å². The van der Waals surface area contributed by atoms with Crippen molar-refractivity contribution < 1.29 is 4.42 Å². The second-order valence-electron chi connectivity index (χ2n) is 9.83. The topological polar surface area (TPSA) is 92.8 Å². The first-order valence-electron chi connectivity index (χ1n) is 12.7. The number of benzene rings is 2. The molecule has 2 aromatic carbocycles. The highest BCUT2D eigenvalue weighted by atomic mass is 16.3. The molecule has 0 radical (unpaired) electrons. The normalized spacial score (nSPS) is 12.6. The predicted octanol–water partition coefficient (Wildman–Crippen LogP) is 4.91. The lowest BCUT2D eigenvalue weighted by atomic mass is 9.99. The van der Waals surface area contributed by atoms with E-state index in [0.717, 1.165) is 46.6 Å². The zero-order valence-corrected chi connectivity index (χ0v) is 21.5. The quantitative estimate of drug-likeness (QED) is 0.295. The van der Waals surface area contributed by atoms with Gasteiger partial charge in [0.15, 0.2) is 5.82 Å². The molecule has 3 aromatic heterocycles. The van der Waals surface area contributed by atoms with Gasteiger partial charge in [0.05, 0.1) is 17.8 Å². The van der Waals surface area contributed by atoms with Gasteiger partial charge in [0.1, 0.15) is 12.3 Å². The summed E-state index contributed by atoms with van der Waals surface area (Å²) in [6.45, 7) is 8.01. The summed E-state index contributed by atoms with van der Waals surface area (Å²) in [5, 5.41) is 13.8. The molecule has 0 amide bonds. The lowest BCUT2D eigenvalue weighted by Crippen LogP contribution is -2.37. The zero-order chi connectivity index (χ0) is 25.8. The van der Waals surface area contributed by atoms with Gasteiger partial charge in [0.2, 0.25) is 0 Å². The summed E-state index contributed by atoms with van der Waals surface area (Å²) in [5.74, 6) is 1.74. The van der Waals surface area contributed by atoms with Gasteiger partial charge in [-0.05, 0) is 64.4 Å². The maximum Gasteiger partial charge on any atom is 0.252 e. The number of nitrogens with zero attached hydrogens (tertiary/aromatic N) is 5. The van der Waals surface area contributed by atoms with Crippen LogP contribution in [0.3, 0.4) is 0 Å². The third-order valence-corrected chi connectivity index (χ3v) is 6.80. The summed E-state index contributed by atoms with van der Waals surface area (Å²) < 4.78 is 7.35. The van der Waals surface area contributed by atoms with Crippen molar-refractivity contribution in [2.24, 2.45) is 5.92 Å². The van der Waals surface area contributed by atoms with Gasteiger partial charge in [-0.1, -0.05) is 62.4 Å². The smallest absolute Gasteiger partial charge is 0.252 e. The van der Waals surface area contributed by atoms with Crippen LogP contribution in [0, 0.1) is 12.8 Å². The molecule has 190 valence electrons. The molecular formula is C29H32N6O2. The molecule has 8 heteroatoms. The molecule has 8 nitrogen and oxygen atoms in total. The summed E-state index contributed by atoms with van der Waals surface area (Å²) in [7, 11) is 0. The first-order valence-corrected chi connectivity index (χ1v) is 12.7. The number of para-hydroxylation sites is 1. The average molecular weight is 497 g/mol. The molecule has 0 aliphatic carbocycles. The number of furan rings is 1. The fraction of sp³-hybridized carbons (Fsp3) is 0.310. The molecule has 3 heterocycles. The molecule has 0 bridgehead atoms. The van der Waals surface area contributed by atoms with Crippen molar-refractivity contribution >= 4 is 10.9 Å². The number of pyridine rings is 1. The van der Waals surface area contributed by atoms with Crippen molar-refractivity contribution in [2.45, 2.75) is 46.3 Å². The fourth-order valence-corrected chi connectivity index (χ4v) is 4.97. The van der Waals surface area contributed by atoms with Crippen molar-refractivity contribution in [3.8, 4) is 0 Å². The van der Waals surface area contributed by atoms with Gasteiger partial charge in [-0.2, -0.15) is 0 Å². The Labute approximate surface area is 215 Å². The number of aromatic amines is 1. The number of nitrogens with one attached hydrogen (secondary N) is 1. The first kappa shape index (κ1) is 24.6. The summed E-state index contributed by atoms with van der Waals surface area (Å²) in [4.78, 5) is 18.6. The minimum atomic E-state index is -0.110. The number of H-pyrrole nitrogens is 1. The molecule has 5 aromatic rings. The number of rotatable bonds is 10. The van der Waals surface area contributed by atoms with Gasteiger partial charge in [-0.25, -0.2) is 4.68 Å². The van der Waals surface area contributed by atoms with E-state index in [4.69, 9.17) is 4.42 Å². The van der Waals surface area contributed by atoms with Crippen LogP contribution < -0.4 is 5.56 Å². The Balaban J connectivity index is 1.52. The van der Waals surface area contributed by atoms with Crippen molar-refractivity contribution in [1.82, 2.24) is 30.1 Å². The molecule has 0 spiro atoms. The van der Waals surface area contributed by atoms with Crippen LogP contribution in [0.15, 0.2) is 82.2 Å². The van der Waals surface area contributed by atoms with Gasteiger partial charge in [0, 0.05) is 18.7 Å². The number of hydrogen-bond acceptors (Lipinski definition) is 6. The Morgan fingerprint density at radius 3 is 2.65 bits per heavy atom. The maximum absolute atomic E-state index is 13.2. The van der Waals surface area contributed by atoms with Gasteiger partial charge >= 0.3 is 0 Å². The van der Waals surface area contributed by atoms with Crippen molar-refractivity contribution in [2.75, 3.05) is 6.54 Å². The highest BCUT2D eigenvalue weighted by Gasteiger charge is 2.30. The third kappa shape index (κ3) is 5.54. The minimum Gasteiger partial charge on any atom is -0.467 e. The number of hydrogen-bond donors (Lipinski definition) is 1. The second-order valence-corrected chi connectivity index (χ2v) is 9.83. The first-order chi connectivity index (χ1) is 18.0. The largest absolute Gasteiger partial charge is 0.467 e. The van der Waals surface area contributed by atoms with E-state index < -0.39 is 0 Å². The Morgan fingerprint density at radius 1 is 1.05 bits per heavy atom. The Kier molecular flexibility index (Phi) is 7.28. The molecule has 1 N–H and O–H groups in total. The maximum atomic E-state index is 13.2. The van der Waals surface area contributed by atoms with Crippen LogP contribution in [0.5, 0.6) is 0 Å². The molecule has 1 unspecified atom stereocenters. The van der Waals surface area contributed by atoms with E-state index in [1.165, 1.54) is 5.56 Å². The SMILES string of the molecule is Cc1cccc2cc(CN(CCc3ccccc3)C(c3nnnn3Cc3ccco3)C(C)C)c(=O)[nH]c12. The molecule has 0 saturated heterocycles. The van der Waals surface area contributed by atoms with Crippen LogP contribution in [-0.2, 0) is 19.5 Å². The van der Waals surface area contributed by atoms with E-state index in [2.05, 4.69) is 63.5 Å². The van der Waals surface area contributed by atoms with E-state index in [1.54, 1.807) is 10.9 Å². The van der Waals surface area contributed by atoms with E-state index in [9.17, 15) is 4.79 Å². The molecule has 5 rings (SSSR count). The second kappa shape index (κ2) is 10.9. The number of aromatic nitrogens is 5. The Hall–Kier alpha value is -4.04. The number of fused-ring (bicyclic) bond motifs is 1. The van der Waals surface area contributed by atoms with E-state index in [1.807, 2.05) is 49.4 Å². The molecule has 0 aliphatic heterocycles. The molecule has 0 fully saturated rings. The lowest BCUT2D eigenvalue weighted by molar-refractivity contribution is 0.135. The van der Waals surface area contributed by atoms with Crippen LogP contribution in [-0.4, -0.2) is 36.6 Å². The molecule has 0 saturated carbocycles. The van der Waals surface area contributed by atoms with Crippen LogP contribution in [0.25, 0.3) is 10.9 Å². The number of aryl methyl sites for hydroxylation is 1. The zero-order valence-electron chi connectivity index (χ0n) is 21.5. The molecule has 37 heavy (non-hydrogen) atoms. The Morgan fingerprint density at radius 2 is 1.89 bits per heavy atom. The lowest BCUT2D eigenvalue weighted by Gasteiger charge is -2.33.